The number of amides is 2. The van der Waals surface area contributed by atoms with E-state index in [0.29, 0.717) is 57.8 Å². The molecule has 8 heteroatoms. The van der Waals surface area contributed by atoms with Gasteiger partial charge in [0.15, 0.2) is 0 Å². The van der Waals surface area contributed by atoms with Crippen LogP contribution in [-0.2, 0) is 14.3 Å². The van der Waals surface area contributed by atoms with Crippen molar-refractivity contribution in [3.05, 3.63) is 35.4 Å². The maximum atomic E-state index is 13.8. The second-order valence-electron chi connectivity index (χ2n) is 6.51. The normalized spacial score (nSPS) is 14.7. The summed E-state index contributed by atoms with van der Waals surface area (Å²) in [6.45, 7) is 1.17. The van der Waals surface area contributed by atoms with E-state index in [1.165, 1.54) is 12.0 Å². The number of carbonyl (C=O) groups is 3. The fraction of sp³-hybridized carbons (Fsp3) is 0.526. The molecule has 2 amide bonds. The molecule has 1 aromatic carbocycles. The van der Waals surface area contributed by atoms with Gasteiger partial charge in [-0.3, -0.25) is 14.4 Å². The lowest BCUT2D eigenvalue weighted by Gasteiger charge is -2.31. The lowest BCUT2D eigenvalue weighted by molar-refractivity contribution is -0.140. The van der Waals surface area contributed by atoms with Crippen LogP contribution in [0.2, 0.25) is 0 Å². The van der Waals surface area contributed by atoms with E-state index in [1.807, 2.05) is 0 Å². The minimum atomic E-state index is -0.883. The van der Waals surface area contributed by atoms with Crippen molar-refractivity contribution in [1.82, 2.24) is 10.2 Å². The van der Waals surface area contributed by atoms with E-state index < -0.39 is 17.5 Å². The van der Waals surface area contributed by atoms with E-state index in [2.05, 4.69) is 10.1 Å². The Bertz CT molecular complexity index is 688. The smallest absolute Gasteiger partial charge is 0.305 e. The van der Waals surface area contributed by atoms with E-state index in [0.717, 1.165) is 12.1 Å². The number of ether oxygens (including phenoxy) is 1. The topological polar surface area (TPSA) is 75.7 Å². The van der Waals surface area contributed by atoms with Crippen LogP contribution in [0.4, 0.5) is 8.78 Å². The third-order valence-electron chi connectivity index (χ3n) is 4.65. The summed E-state index contributed by atoms with van der Waals surface area (Å²) in [4.78, 5) is 37.0. The van der Waals surface area contributed by atoms with Gasteiger partial charge in [0.25, 0.3) is 5.91 Å². The summed E-state index contributed by atoms with van der Waals surface area (Å²) in [5.41, 5.74) is -0.162. The molecule has 6 nitrogen and oxygen atoms in total. The Hall–Kier alpha value is -2.51. The monoisotopic (exact) mass is 382 g/mol. The van der Waals surface area contributed by atoms with Gasteiger partial charge >= 0.3 is 5.97 Å². The van der Waals surface area contributed by atoms with Crippen molar-refractivity contribution >= 4 is 17.8 Å². The van der Waals surface area contributed by atoms with Gasteiger partial charge in [0.1, 0.15) is 11.6 Å². The Labute approximate surface area is 156 Å². The first-order chi connectivity index (χ1) is 12.9. The first-order valence-corrected chi connectivity index (χ1v) is 9.01. The maximum Gasteiger partial charge on any atom is 0.305 e. The highest BCUT2D eigenvalue weighted by atomic mass is 19.1. The lowest BCUT2D eigenvalue weighted by atomic mass is 9.95. The average Bonchev–Trinajstić information content (AvgIpc) is 2.67. The van der Waals surface area contributed by atoms with E-state index >= 15 is 0 Å². The molecule has 148 valence electrons. The molecule has 0 saturated carbocycles. The Balaban J connectivity index is 1.73. The number of nitrogens with zero attached hydrogens (tertiary/aromatic N) is 1. The maximum absolute atomic E-state index is 13.8. The Kier molecular flexibility index (Phi) is 7.69. The molecule has 1 aliphatic heterocycles. The standard InChI is InChI=1S/C19H24F2N2O4/c1-27-17(24)4-2-3-9-22-18(25)13-7-10-23(11-8-13)19(26)15-6-5-14(20)12-16(15)21/h5-6,12-13H,2-4,7-11H2,1H3,(H,22,25). The van der Waals surface area contributed by atoms with Crippen molar-refractivity contribution in [2.24, 2.45) is 5.92 Å². The number of hydrogen-bond acceptors (Lipinski definition) is 4. The van der Waals surface area contributed by atoms with E-state index in [4.69, 9.17) is 0 Å². The molecule has 1 fully saturated rings. The molecule has 0 spiro atoms. The number of esters is 1. The second kappa shape index (κ2) is 9.99. The summed E-state index contributed by atoms with van der Waals surface area (Å²) in [6.07, 6.45) is 2.63. The summed E-state index contributed by atoms with van der Waals surface area (Å²) >= 11 is 0. The molecular weight excluding hydrogens is 358 g/mol. The minimum Gasteiger partial charge on any atom is -0.469 e. The number of piperidine rings is 1. The summed E-state index contributed by atoms with van der Waals surface area (Å²) in [6, 6.07) is 2.88. The van der Waals surface area contributed by atoms with Crippen LogP contribution in [0.3, 0.4) is 0 Å². The molecule has 1 heterocycles. The number of carbonyl (C=O) groups excluding carboxylic acids is 3. The highest BCUT2D eigenvalue weighted by Gasteiger charge is 2.28. The van der Waals surface area contributed by atoms with Crippen LogP contribution in [0, 0.1) is 17.6 Å². The van der Waals surface area contributed by atoms with Gasteiger partial charge in [-0.2, -0.15) is 0 Å². The van der Waals surface area contributed by atoms with Crippen LogP contribution in [0.25, 0.3) is 0 Å². The van der Waals surface area contributed by atoms with Crippen LogP contribution in [0.5, 0.6) is 0 Å². The number of unbranched alkanes of at least 4 members (excludes halogenated alkanes) is 1. The Morgan fingerprint density at radius 1 is 1.19 bits per heavy atom. The molecule has 1 aromatic rings. The van der Waals surface area contributed by atoms with Crippen molar-refractivity contribution in [3.8, 4) is 0 Å². The second-order valence-corrected chi connectivity index (χ2v) is 6.51. The molecule has 2 rings (SSSR count). The highest BCUT2D eigenvalue weighted by molar-refractivity contribution is 5.94. The molecule has 1 N–H and O–H groups in total. The number of methoxy groups -OCH3 is 1. The summed E-state index contributed by atoms with van der Waals surface area (Å²) in [7, 11) is 1.34. The van der Waals surface area contributed by atoms with Crippen molar-refractivity contribution in [2.45, 2.75) is 32.1 Å². The molecule has 27 heavy (non-hydrogen) atoms. The average molecular weight is 382 g/mol. The SMILES string of the molecule is COC(=O)CCCCNC(=O)C1CCN(C(=O)c2ccc(F)cc2F)CC1. The van der Waals surface area contributed by atoms with Gasteiger partial charge in [0, 0.05) is 38.0 Å². The lowest BCUT2D eigenvalue weighted by Crippen LogP contribution is -2.43. The molecule has 1 saturated heterocycles. The van der Waals surface area contributed by atoms with Gasteiger partial charge in [0.05, 0.1) is 12.7 Å². The fourth-order valence-electron chi connectivity index (χ4n) is 3.03. The van der Waals surface area contributed by atoms with Crippen LogP contribution < -0.4 is 5.32 Å². The van der Waals surface area contributed by atoms with Crippen molar-refractivity contribution in [2.75, 3.05) is 26.7 Å². The van der Waals surface area contributed by atoms with Crippen LogP contribution in [-0.4, -0.2) is 49.4 Å². The van der Waals surface area contributed by atoms with Crippen LogP contribution >= 0.6 is 0 Å². The molecule has 0 bridgehead atoms. The van der Waals surface area contributed by atoms with Gasteiger partial charge in [0.2, 0.25) is 5.91 Å². The zero-order valence-electron chi connectivity index (χ0n) is 15.3. The Morgan fingerprint density at radius 2 is 1.89 bits per heavy atom. The van der Waals surface area contributed by atoms with E-state index in [-0.39, 0.29) is 23.4 Å². The van der Waals surface area contributed by atoms with Crippen molar-refractivity contribution in [1.29, 1.82) is 0 Å². The molecule has 0 aliphatic carbocycles. The van der Waals surface area contributed by atoms with Gasteiger partial charge < -0.3 is 15.0 Å². The Morgan fingerprint density at radius 3 is 2.52 bits per heavy atom. The molecule has 0 aromatic heterocycles. The fourth-order valence-corrected chi connectivity index (χ4v) is 3.03. The molecule has 0 unspecified atom stereocenters. The third-order valence-corrected chi connectivity index (χ3v) is 4.65. The van der Waals surface area contributed by atoms with E-state index in [9.17, 15) is 23.2 Å². The van der Waals surface area contributed by atoms with Gasteiger partial charge in [-0.15, -0.1) is 0 Å². The summed E-state index contributed by atoms with van der Waals surface area (Å²) < 4.78 is 31.3. The molecule has 0 atom stereocenters. The van der Waals surface area contributed by atoms with E-state index in [1.54, 1.807) is 0 Å². The number of benzene rings is 1. The third kappa shape index (κ3) is 6.01. The number of nitrogens with one attached hydrogen (secondary N) is 1. The summed E-state index contributed by atoms with van der Waals surface area (Å²) in [5.74, 6) is -2.65. The predicted molar refractivity (Wildman–Crippen MR) is 93.9 cm³/mol. The number of halogens is 2. The molecular formula is C19H24F2N2O4. The first-order valence-electron chi connectivity index (χ1n) is 9.01. The zero-order valence-corrected chi connectivity index (χ0v) is 15.3. The highest BCUT2D eigenvalue weighted by Crippen LogP contribution is 2.20. The van der Waals surface area contributed by atoms with Gasteiger partial charge in [-0.05, 0) is 37.8 Å². The first kappa shape index (κ1) is 20.8. The minimum absolute atomic E-state index is 0.0758. The molecule has 1 aliphatic rings. The predicted octanol–water partition coefficient (Wildman–Crippen LogP) is 2.28. The number of hydrogen-bond donors (Lipinski definition) is 1. The zero-order chi connectivity index (χ0) is 19.8. The van der Waals surface area contributed by atoms with Gasteiger partial charge in [-0.25, -0.2) is 8.78 Å². The molecule has 0 radical (unpaired) electrons. The largest absolute Gasteiger partial charge is 0.469 e. The quantitative estimate of drug-likeness (QED) is 0.580. The number of rotatable bonds is 7. The van der Waals surface area contributed by atoms with Crippen LogP contribution in [0.15, 0.2) is 18.2 Å². The number of likely N-dealkylation sites (tertiary alicyclic amines) is 1. The van der Waals surface area contributed by atoms with Gasteiger partial charge in [-0.1, -0.05) is 0 Å². The van der Waals surface area contributed by atoms with Crippen LogP contribution in [0.1, 0.15) is 42.5 Å². The summed E-state index contributed by atoms with van der Waals surface area (Å²) in [5, 5.41) is 2.84. The van der Waals surface area contributed by atoms with Crippen molar-refractivity contribution in [3.63, 3.8) is 0 Å². The van der Waals surface area contributed by atoms with Crippen molar-refractivity contribution < 1.29 is 27.9 Å².